The fraction of sp³-hybridized carbons (Fsp3) is 0.269. The fourth-order valence-corrected chi connectivity index (χ4v) is 4.27. The summed E-state index contributed by atoms with van der Waals surface area (Å²) in [6.07, 6.45) is 3.14. The molecule has 7 heteroatoms. The Bertz CT molecular complexity index is 1410. The summed E-state index contributed by atoms with van der Waals surface area (Å²) in [5.41, 5.74) is 9.56. The smallest absolute Gasteiger partial charge is 0.205 e. The lowest BCUT2D eigenvalue weighted by atomic mass is 9.99. The van der Waals surface area contributed by atoms with Gasteiger partial charge in [0.15, 0.2) is 5.65 Å². The SMILES string of the molecule is CCCCc1nc2c(C)c(C)c(C)nc2n1-c1ccc(-c2ccccc2-c2nn[nH]n2)cc1. The van der Waals surface area contributed by atoms with Crippen molar-refractivity contribution in [3.63, 3.8) is 0 Å². The van der Waals surface area contributed by atoms with E-state index in [4.69, 9.17) is 9.97 Å². The van der Waals surface area contributed by atoms with E-state index in [1.807, 2.05) is 18.2 Å². The normalized spacial score (nSPS) is 11.4. The lowest BCUT2D eigenvalue weighted by Crippen LogP contribution is -2.03. The molecule has 0 spiro atoms. The van der Waals surface area contributed by atoms with Crippen LogP contribution in [0.5, 0.6) is 0 Å². The summed E-state index contributed by atoms with van der Waals surface area (Å²) >= 11 is 0. The van der Waals surface area contributed by atoms with Gasteiger partial charge < -0.3 is 0 Å². The second-order valence-electron chi connectivity index (χ2n) is 8.41. The number of aromatic nitrogens is 7. The average Bonchev–Trinajstić information content (AvgIpc) is 3.50. The van der Waals surface area contributed by atoms with E-state index in [0.29, 0.717) is 5.82 Å². The van der Waals surface area contributed by atoms with Crippen LogP contribution in [-0.4, -0.2) is 35.2 Å². The number of benzene rings is 2. The number of nitrogens with one attached hydrogen (secondary N) is 1. The van der Waals surface area contributed by atoms with E-state index in [2.05, 4.69) is 83.2 Å². The number of pyridine rings is 1. The number of rotatable bonds is 6. The van der Waals surface area contributed by atoms with Crippen LogP contribution in [0.3, 0.4) is 0 Å². The van der Waals surface area contributed by atoms with Crippen molar-refractivity contribution in [1.82, 2.24) is 35.2 Å². The molecule has 166 valence electrons. The summed E-state index contributed by atoms with van der Waals surface area (Å²) in [5, 5.41) is 14.6. The van der Waals surface area contributed by atoms with Gasteiger partial charge in [-0.15, -0.1) is 10.2 Å². The van der Waals surface area contributed by atoms with Crippen LogP contribution in [0.1, 0.15) is 42.4 Å². The van der Waals surface area contributed by atoms with Crippen molar-refractivity contribution < 1.29 is 0 Å². The average molecular weight is 438 g/mol. The summed E-state index contributed by atoms with van der Waals surface area (Å²) in [6.45, 7) is 8.55. The van der Waals surface area contributed by atoms with Crippen LogP contribution in [0.4, 0.5) is 0 Å². The highest BCUT2D eigenvalue weighted by Crippen LogP contribution is 2.32. The number of imidazole rings is 1. The number of H-pyrrole nitrogens is 1. The molecule has 0 saturated carbocycles. The van der Waals surface area contributed by atoms with Crippen molar-refractivity contribution in [2.45, 2.75) is 47.0 Å². The van der Waals surface area contributed by atoms with Crippen LogP contribution in [0, 0.1) is 20.8 Å². The highest BCUT2D eigenvalue weighted by molar-refractivity contribution is 5.82. The predicted octanol–water partition coefficient (Wildman–Crippen LogP) is 5.54. The first-order valence-corrected chi connectivity index (χ1v) is 11.4. The van der Waals surface area contributed by atoms with E-state index in [1.165, 1.54) is 11.1 Å². The molecule has 7 nitrogen and oxygen atoms in total. The van der Waals surface area contributed by atoms with E-state index in [-0.39, 0.29) is 0 Å². The molecule has 0 aliphatic carbocycles. The zero-order chi connectivity index (χ0) is 22.9. The number of fused-ring (bicyclic) bond motifs is 1. The fourth-order valence-electron chi connectivity index (χ4n) is 4.27. The molecule has 0 atom stereocenters. The Morgan fingerprint density at radius 3 is 2.33 bits per heavy atom. The third kappa shape index (κ3) is 3.69. The molecule has 0 bridgehead atoms. The summed E-state index contributed by atoms with van der Waals surface area (Å²) < 4.78 is 2.22. The summed E-state index contributed by atoms with van der Waals surface area (Å²) in [4.78, 5) is 9.97. The number of unbranched alkanes of at least 4 members (excludes halogenated alkanes) is 1. The van der Waals surface area contributed by atoms with Crippen LogP contribution in [0.25, 0.3) is 39.4 Å². The second-order valence-corrected chi connectivity index (χ2v) is 8.41. The molecular weight excluding hydrogens is 410 g/mol. The molecule has 5 aromatic rings. The van der Waals surface area contributed by atoms with Crippen molar-refractivity contribution in [2.75, 3.05) is 0 Å². The third-order valence-electron chi connectivity index (χ3n) is 6.36. The molecule has 3 heterocycles. The largest absolute Gasteiger partial charge is 0.281 e. The van der Waals surface area contributed by atoms with Gasteiger partial charge in [-0.05, 0) is 66.8 Å². The molecule has 1 N–H and O–H groups in total. The van der Waals surface area contributed by atoms with E-state index in [9.17, 15) is 0 Å². The molecule has 0 aliphatic heterocycles. The summed E-state index contributed by atoms with van der Waals surface area (Å²) in [5.74, 6) is 1.65. The van der Waals surface area contributed by atoms with E-state index in [0.717, 1.165) is 64.3 Å². The maximum Gasteiger partial charge on any atom is 0.205 e. The number of hydrogen-bond acceptors (Lipinski definition) is 5. The lowest BCUT2D eigenvalue weighted by Gasteiger charge is -2.12. The second kappa shape index (κ2) is 8.58. The molecule has 0 unspecified atom stereocenters. The van der Waals surface area contributed by atoms with Crippen LogP contribution in [0.15, 0.2) is 48.5 Å². The third-order valence-corrected chi connectivity index (χ3v) is 6.36. The molecule has 0 saturated heterocycles. The van der Waals surface area contributed by atoms with E-state index < -0.39 is 0 Å². The first-order chi connectivity index (χ1) is 16.1. The van der Waals surface area contributed by atoms with Gasteiger partial charge in [-0.25, -0.2) is 9.97 Å². The maximum absolute atomic E-state index is 5.03. The summed E-state index contributed by atoms with van der Waals surface area (Å²) in [7, 11) is 0. The van der Waals surface area contributed by atoms with Gasteiger partial charge in [0.1, 0.15) is 11.3 Å². The van der Waals surface area contributed by atoms with Crippen LogP contribution >= 0.6 is 0 Å². The van der Waals surface area contributed by atoms with Crippen LogP contribution < -0.4 is 0 Å². The van der Waals surface area contributed by atoms with Gasteiger partial charge in [-0.2, -0.15) is 5.21 Å². The Balaban J connectivity index is 1.63. The van der Waals surface area contributed by atoms with Crippen LogP contribution in [0.2, 0.25) is 0 Å². The maximum atomic E-state index is 5.03. The Hall–Kier alpha value is -3.87. The van der Waals surface area contributed by atoms with Gasteiger partial charge in [0.25, 0.3) is 0 Å². The van der Waals surface area contributed by atoms with Crippen molar-refractivity contribution in [2.24, 2.45) is 0 Å². The highest BCUT2D eigenvalue weighted by Gasteiger charge is 2.18. The van der Waals surface area contributed by atoms with E-state index in [1.54, 1.807) is 0 Å². The molecule has 0 fully saturated rings. The molecule has 0 amide bonds. The van der Waals surface area contributed by atoms with Crippen LogP contribution in [-0.2, 0) is 6.42 Å². The summed E-state index contributed by atoms with van der Waals surface area (Å²) in [6, 6.07) is 16.7. The van der Waals surface area contributed by atoms with E-state index >= 15 is 0 Å². The topological polar surface area (TPSA) is 85.2 Å². The quantitative estimate of drug-likeness (QED) is 0.377. The van der Waals surface area contributed by atoms with Gasteiger partial charge in [0.2, 0.25) is 5.82 Å². The molecule has 0 radical (unpaired) electrons. The minimum absolute atomic E-state index is 0.586. The van der Waals surface area contributed by atoms with Crippen molar-refractivity contribution >= 4 is 11.2 Å². The standard InChI is InChI=1S/C26H27N7/c1-5-6-11-23-28-24-17(3)16(2)18(4)27-26(24)33(23)20-14-12-19(13-15-20)21-9-7-8-10-22(21)25-29-31-32-30-25/h7-10,12-15H,5-6,11H2,1-4H3,(H,29,30,31,32). The number of nitrogens with zero attached hydrogens (tertiary/aromatic N) is 6. The highest BCUT2D eigenvalue weighted by atomic mass is 15.5. The molecule has 33 heavy (non-hydrogen) atoms. The first-order valence-electron chi connectivity index (χ1n) is 11.4. The van der Waals surface area contributed by atoms with Crippen molar-refractivity contribution in [1.29, 1.82) is 0 Å². The van der Waals surface area contributed by atoms with Gasteiger partial charge in [-0.3, -0.25) is 4.57 Å². The Labute approximate surface area is 192 Å². The minimum Gasteiger partial charge on any atom is -0.281 e. The number of tetrazole rings is 1. The van der Waals surface area contributed by atoms with Crippen molar-refractivity contribution in [3.05, 3.63) is 71.2 Å². The predicted molar refractivity (Wildman–Crippen MR) is 130 cm³/mol. The zero-order valence-electron chi connectivity index (χ0n) is 19.4. The van der Waals surface area contributed by atoms with Gasteiger partial charge >= 0.3 is 0 Å². The van der Waals surface area contributed by atoms with Gasteiger partial charge in [0, 0.05) is 23.4 Å². The molecule has 3 aromatic heterocycles. The Kier molecular flexibility index (Phi) is 5.46. The minimum atomic E-state index is 0.586. The number of aryl methyl sites for hydroxylation is 3. The number of aromatic amines is 1. The lowest BCUT2D eigenvalue weighted by molar-refractivity contribution is 0.742. The molecular formula is C26H27N7. The molecule has 5 rings (SSSR count). The Morgan fingerprint density at radius 1 is 0.879 bits per heavy atom. The Morgan fingerprint density at radius 2 is 1.64 bits per heavy atom. The molecule has 2 aromatic carbocycles. The van der Waals surface area contributed by atoms with Crippen molar-refractivity contribution in [3.8, 4) is 28.2 Å². The van der Waals surface area contributed by atoms with Gasteiger partial charge in [-0.1, -0.05) is 49.7 Å². The first kappa shape index (κ1) is 21.0. The number of hydrogen-bond donors (Lipinski definition) is 1. The molecule has 0 aliphatic rings. The van der Waals surface area contributed by atoms with Gasteiger partial charge in [0.05, 0.1) is 0 Å². The monoisotopic (exact) mass is 437 g/mol. The zero-order valence-corrected chi connectivity index (χ0v) is 19.4.